The minimum absolute atomic E-state index is 0.221. The molecular formula is C13H24O2. The average molecular weight is 212 g/mol. The van der Waals surface area contributed by atoms with Crippen molar-refractivity contribution in [3.8, 4) is 0 Å². The van der Waals surface area contributed by atoms with Crippen LogP contribution in [0.15, 0.2) is 12.2 Å². The van der Waals surface area contributed by atoms with Gasteiger partial charge in [0.05, 0.1) is 6.61 Å². The second kappa shape index (κ2) is 8.51. The van der Waals surface area contributed by atoms with Crippen molar-refractivity contribution < 1.29 is 9.53 Å². The zero-order chi connectivity index (χ0) is 11.7. The third-order valence-corrected chi connectivity index (χ3v) is 2.61. The van der Waals surface area contributed by atoms with Gasteiger partial charge in [0.15, 0.2) is 0 Å². The maximum atomic E-state index is 11.3. The van der Waals surface area contributed by atoms with Crippen LogP contribution in [0.1, 0.15) is 52.9 Å². The zero-order valence-electron chi connectivity index (χ0n) is 10.3. The first-order valence-corrected chi connectivity index (χ1v) is 5.96. The summed E-state index contributed by atoms with van der Waals surface area (Å²) in [6, 6.07) is 0. The fraction of sp³-hybridized carbons (Fsp3) is 0.769. The van der Waals surface area contributed by atoms with Gasteiger partial charge in [-0.05, 0) is 25.2 Å². The Morgan fingerprint density at radius 3 is 2.60 bits per heavy atom. The summed E-state index contributed by atoms with van der Waals surface area (Å²) in [7, 11) is 0. The second-order valence-electron chi connectivity index (χ2n) is 4.15. The van der Waals surface area contributed by atoms with Crippen molar-refractivity contribution >= 4 is 5.97 Å². The molecule has 0 aromatic carbocycles. The lowest BCUT2D eigenvalue weighted by atomic mass is 10.0. The first-order valence-electron chi connectivity index (χ1n) is 5.96. The van der Waals surface area contributed by atoms with E-state index in [9.17, 15) is 4.79 Å². The molecule has 15 heavy (non-hydrogen) atoms. The highest BCUT2D eigenvalue weighted by Gasteiger charge is 2.07. The summed E-state index contributed by atoms with van der Waals surface area (Å²) in [5.41, 5.74) is 0.598. The molecule has 0 aromatic rings. The lowest BCUT2D eigenvalue weighted by molar-refractivity contribution is -0.139. The largest absolute Gasteiger partial charge is 0.462 e. The lowest BCUT2D eigenvalue weighted by Crippen LogP contribution is -2.09. The molecule has 0 spiro atoms. The van der Waals surface area contributed by atoms with Crippen LogP contribution < -0.4 is 0 Å². The van der Waals surface area contributed by atoms with Crippen molar-refractivity contribution in [2.75, 3.05) is 6.61 Å². The highest BCUT2D eigenvalue weighted by Crippen LogP contribution is 2.10. The van der Waals surface area contributed by atoms with Gasteiger partial charge in [-0.3, -0.25) is 0 Å². The van der Waals surface area contributed by atoms with Gasteiger partial charge in [0.1, 0.15) is 0 Å². The molecule has 0 rings (SSSR count). The number of hydrogen-bond donors (Lipinski definition) is 0. The first kappa shape index (κ1) is 14.2. The van der Waals surface area contributed by atoms with Crippen LogP contribution in [0.5, 0.6) is 0 Å². The summed E-state index contributed by atoms with van der Waals surface area (Å²) in [5.74, 6) is 0.503. The van der Waals surface area contributed by atoms with Crippen LogP contribution in [-0.2, 0) is 9.53 Å². The zero-order valence-corrected chi connectivity index (χ0v) is 10.3. The van der Waals surface area contributed by atoms with Gasteiger partial charge in [-0.1, -0.05) is 40.2 Å². The van der Waals surface area contributed by atoms with Gasteiger partial charge in [-0.2, -0.15) is 0 Å². The lowest BCUT2D eigenvalue weighted by Gasteiger charge is -2.09. The Morgan fingerprint density at radius 2 is 2.07 bits per heavy atom. The molecule has 2 nitrogen and oxygen atoms in total. The molecule has 0 radical (unpaired) electrons. The smallest absolute Gasteiger partial charge is 0.333 e. The summed E-state index contributed by atoms with van der Waals surface area (Å²) >= 11 is 0. The second-order valence-corrected chi connectivity index (χ2v) is 4.15. The molecule has 1 atom stereocenters. The van der Waals surface area contributed by atoms with E-state index in [1.807, 2.05) is 6.92 Å². The Balaban J connectivity index is 3.51. The fourth-order valence-electron chi connectivity index (χ4n) is 1.31. The van der Waals surface area contributed by atoms with E-state index in [2.05, 4.69) is 20.4 Å². The van der Waals surface area contributed by atoms with Gasteiger partial charge < -0.3 is 4.74 Å². The molecule has 0 aliphatic rings. The molecule has 0 saturated heterocycles. The number of carbonyl (C=O) groups excluding carboxylic acids is 1. The number of hydrogen-bond acceptors (Lipinski definition) is 2. The third-order valence-electron chi connectivity index (χ3n) is 2.61. The molecule has 0 amide bonds. The highest BCUT2D eigenvalue weighted by atomic mass is 16.5. The predicted molar refractivity (Wildman–Crippen MR) is 63.7 cm³/mol. The van der Waals surface area contributed by atoms with Gasteiger partial charge >= 0.3 is 5.97 Å². The predicted octanol–water partition coefficient (Wildman–Crippen LogP) is 3.71. The molecule has 0 heterocycles. The van der Waals surface area contributed by atoms with Crippen LogP contribution >= 0.6 is 0 Å². The summed E-state index contributed by atoms with van der Waals surface area (Å²) in [6.07, 6.45) is 4.96. The number of carbonyl (C=O) groups is 1. The molecule has 0 aromatic heterocycles. The van der Waals surface area contributed by atoms with Gasteiger partial charge in [0.25, 0.3) is 0 Å². The molecule has 0 aliphatic heterocycles. The molecule has 0 saturated carbocycles. The van der Waals surface area contributed by atoms with E-state index in [1.165, 1.54) is 6.42 Å². The van der Waals surface area contributed by atoms with Crippen molar-refractivity contribution in [2.45, 2.75) is 52.9 Å². The SMILES string of the molecule is C=C(CCC)C(=O)OCCCC(C)CC. The van der Waals surface area contributed by atoms with Gasteiger partial charge in [-0.25, -0.2) is 4.79 Å². The van der Waals surface area contributed by atoms with Crippen molar-refractivity contribution in [1.29, 1.82) is 0 Å². The van der Waals surface area contributed by atoms with E-state index >= 15 is 0 Å². The summed E-state index contributed by atoms with van der Waals surface area (Å²) < 4.78 is 5.11. The Bertz CT molecular complexity index is 197. The van der Waals surface area contributed by atoms with Gasteiger partial charge in [-0.15, -0.1) is 0 Å². The fourth-order valence-corrected chi connectivity index (χ4v) is 1.31. The normalized spacial score (nSPS) is 12.2. The highest BCUT2D eigenvalue weighted by molar-refractivity contribution is 5.87. The minimum atomic E-state index is -0.221. The van der Waals surface area contributed by atoms with Crippen molar-refractivity contribution in [3.63, 3.8) is 0 Å². The maximum Gasteiger partial charge on any atom is 0.333 e. The summed E-state index contributed by atoms with van der Waals surface area (Å²) in [5, 5.41) is 0. The van der Waals surface area contributed by atoms with E-state index in [0.717, 1.165) is 31.6 Å². The monoisotopic (exact) mass is 212 g/mol. The van der Waals surface area contributed by atoms with E-state index in [-0.39, 0.29) is 5.97 Å². The molecule has 88 valence electrons. The molecule has 2 heteroatoms. The molecule has 0 N–H and O–H groups in total. The molecular weight excluding hydrogens is 188 g/mol. The van der Waals surface area contributed by atoms with Gasteiger partial charge in [0.2, 0.25) is 0 Å². The third kappa shape index (κ3) is 7.18. The van der Waals surface area contributed by atoms with E-state index in [4.69, 9.17) is 4.74 Å². The molecule has 0 fully saturated rings. The van der Waals surface area contributed by atoms with Crippen LogP contribution in [0.3, 0.4) is 0 Å². The standard InChI is InChI=1S/C13H24O2/c1-5-8-12(4)13(14)15-10-7-9-11(3)6-2/h11H,4-10H2,1-3H3. The van der Waals surface area contributed by atoms with Crippen LogP contribution in [0.2, 0.25) is 0 Å². The average Bonchev–Trinajstić information content (AvgIpc) is 2.23. The van der Waals surface area contributed by atoms with Crippen molar-refractivity contribution in [1.82, 2.24) is 0 Å². The Morgan fingerprint density at radius 1 is 1.40 bits per heavy atom. The molecule has 1 unspecified atom stereocenters. The topological polar surface area (TPSA) is 26.3 Å². The first-order chi connectivity index (χ1) is 7.11. The number of esters is 1. The minimum Gasteiger partial charge on any atom is -0.462 e. The maximum absolute atomic E-state index is 11.3. The summed E-state index contributed by atoms with van der Waals surface area (Å²) in [4.78, 5) is 11.3. The Kier molecular flexibility index (Phi) is 8.06. The van der Waals surface area contributed by atoms with Crippen LogP contribution in [-0.4, -0.2) is 12.6 Å². The van der Waals surface area contributed by atoms with Gasteiger partial charge in [0, 0.05) is 5.57 Å². The van der Waals surface area contributed by atoms with Crippen molar-refractivity contribution in [2.24, 2.45) is 5.92 Å². The number of rotatable bonds is 8. The quantitative estimate of drug-likeness (QED) is 0.348. The van der Waals surface area contributed by atoms with Crippen LogP contribution in [0.4, 0.5) is 0 Å². The number of ether oxygens (including phenoxy) is 1. The van der Waals surface area contributed by atoms with Crippen LogP contribution in [0.25, 0.3) is 0 Å². The van der Waals surface area contributed by atoms with Crippen LogP contribution in [0, 0.1) is 5.92 Å². The van der Waals surface area contributed by atoms with E-state index in [1.54, 1.807) is 0 Å². The van der Waals surface area contributed by atoms with E-state index < -0.39 is 0 Å². The Labute approximate surface area is 93.7 Å². The van der Waals surface area contributed by atoms with E-state index in [0.29, 0.717) is 12.2 Å². The summed E-state index contributed by atoms with van der Waals surface area (Å²) in [6.45, 7) is 10.7. The Hall–Kier alpha value is -0.790. The molecule has 0 bridgehead atoms. The van der Waals surface area contributed by atoms with Crippen molar-refractivity contribution in [3.05, 3.63) is 12.2 Å². The molecule has 0 aliphatic carbocycles.